The smallest absolute Gasteiger partial charge is 0.205 e. The molecule has 0 atom stereocenters. The molecule has 0 saturated heterocycles. The Balaban J connectivity index is 1.59. The Bertz CT molecular complexity index is 1080. The lowest BCUT2D eigenvalue weighted by molar-refractivity contribution is 0.229. The molecule has 0 aromatic heterocycles. The molecule has 4 aromatic carbocycles. The third-order valence-corrected chi connectivity index (χ3v) is 5.34. The van der Waals surface area contributed by atoms with E-state index in [4.69, 9.17) is 14.2 Å². The zero-order valence-electron chi connectivity index (χ0n) is 17.0. The van der Waals surface area contributed by atoms with Crippen LogP contribution in [0.15, 0.2) is 108 Å². The molecule has 0 unspecified atom stereocenters. The molecular formula is C27H23BrO3. The van der Waals surface area contributed by atoms with Gasteiger partial charge in [0.15, 0.2) is 11.5 Å². The Labute approximate surface area is 191 Å². The van der Waals surface area contributed by atoms with E-state index in [9.17, 15) is 0 Å². The van der Waals surface area contributed by atoms with Crippen molar-refractivity contribution in [3.05, 3.63) is 124 Å². The van der Waals surface area contributed by atoms with Crippen molar-refractivity contribution in [2.24, 2.45) is 0 Å². The highest BCUT2D eigenvalue weighted by Gasteiger charge is 2.17. The summed E-state index contributed by atoms with van der Waals surface area (Å²) in [6, 6.07) is 34.0. The van der Waals surface area contributed by atoms with Gasteiger partial charge in [-0.25, -0.2) is 0 Å². The van der Waals surface area contributed by atoms with Crippen LogP contribution in [0.5, 0.6) is 17.2 Å². The van der Waals surface area contributed by atoms with Gasteiger partial charge in [0.05, 0.1) is 4.47 Å². The monoisotopic (exact) mass is 474 g/mol. The van der Waals surface area contributed by atoms with Crippen molar-refractivity contribution in [3.8, 4) is 17.2 Å². The summed E-state index contributed by atoms with van der Waals surface area (Å²) < 4.78 is 19.4. The lowest BCUT2D eigenvalue weighted by Crippen LogP contribution is -2.04. The number of ether oxygens (including phenoxy) is 3. The van der Waals surface area contributed by atoms with Gasteiger partial charge in [-0.1, -0.05) is 91.0 Å². The topological polar surface area (TPSA) is 27.7 Å². The molecule has 0 aliphatic rings. The Morgan fingerprint density at radius 3 is 1.35 bits per heavy atom. The summed E-state index contributed by atoms with van der Waals surface area (Å²) in [5.41, 5.74) is 3.25. The van der Waals surface area contributed by atoms with Crippen LogP contribution in [0.25, 0.3) is 0 Å². The molecule has 0 aliphatic carbocycles. The number of hydrogen-bond acceptors (Lipinski definition) is 3. The summed E-state index contributed by atoms with van der Waals surface area (Å²) in [6.07, 6.45) is 0. The average molecular weight is 475 g/mol. The van der Waals surface area contributed by atoms with Crippen molar-refractivity contribution in [3.63, 3.8) is 0 Å². The molecule has 0 heterocycles. The molecule has 0 radical (unpaired) electrons. The first-order valence-corrected chi connectivity index (χ1v) is 10.9. The molecule has 0 N–H and O–H groups in total. The predicted octanol–water partition coefficient (Wildman–Crippen LogP) is 7.19. The van der Waals surface area contributed by atoms with Gasteiger partial charge in [-0.3, -0.25) is 0 Å². The third-order valence-electron chi connectivity index (χ3n) is 4.72. The molecule has 4 aromatic rings. The van der Waals surface area contributed by atoms with Crippen molar-refractivity contribution >= 4 is 15.9 Å². The normalized spacial score (nSPS) is 10.5. The average Bonchev–Trinajstić information content (AvgIpc) is 2.83. The first kappa shape index (κ1) is 21.0. The molecule has 0 spiro atoms. The largest absolute Gasteiger partial charge is 0.485 e. The fourth-order valence-corrected chi connectivity index (χ4v) is 3.53. The number of hydrogen-bond donors (Lipinski definition) is 0. The number of benzene rings is 4. The van der Waals surface area contributed by atoms with Crippen LogP contribution in [-0.2, 0) is 19.8 Å². The first-order chi connectivity index (χ1) is 15.3. The molecule has 4 heteroatoms. The van der Waals surface area contributed by atoms with Gasteiger partial charge < -0.3 is 14.2 Å². The van der Waals surface area contributed by atoms with Crippen LogP contribution in [-0.4, -0.2) is 0 Å². The minimum atomic E-state index is 0.417. The molecule has 156 valence electrons. The van der Waals surface area contributed by atoms with Gasteiger partial charge in [0.25, 0.3) is 0 Å². The second-order valence-electron chi connectivity index (χ2n) is 7.03. The summed E-state index contributed by atoms with van der Waals surface area (Å²) in [7, 11) is 0. The lowest BCUT2D eigenvalue weighted by Gasteiger charge is -2.18. The summed E-state index contributed by atoms with van der Waals surface area (Å²) in [4.78, 5) is 0. The third kappa shape index (κ3) is 5.89. The maximum atomic E-state index is 6.23. The molecule has 31 heavy (non-hydrogen) atoms. The SMILES string of the molecule is Brc1ccc(OCc2ccccc2)c(OCc2ccccc2)c1OCc1ccccc1. The van der Waals surface area contributed by atoms with Crippen LogP contribution in [0.3, 0.4) is 0 Å². The van der Waals surface area contributed by atoms with E-state index in [-0.39, 0.29) is 0 Å². The second kappa shape index (κ2) is 10.7. The van der Waals surface area contributed by atoms with Crippen LogP contribution in [0, 0.1) is 0 Å². The van der Waals surface area contributed by atoms with Crippen LogP contribution in [0.4, 0.5) is 0 Å². The van der Waals surface area contributed by atoms with Gasteiger partial charge in [0.1, 0.15) is 19.8 Å². The highest BCUT2D eigenvalue weighted by atomic mass is 79.9. The summed E-state index contributed by atoms with van der Waals surface area (Å²) in [5.74, 6) is 1.86. The van der Waals surface area contributed by atoms with E-state index in [1.807, 2.05) is 103 Å². The van der Waals surface area contributed by atoms with Gasteiger partial charge in [0, 0.05) is 0 Å². The number of halogens is 1. The Kier molecular flexibility index (Phi) is 7.24. The Morgan fingerprint density at radius 1 is 0.452 bits per heavy atom. The molecule has 0 aliphatic heterocycles. The Hall–Kier alpha value is -3.24. The quantitative estimate of drug-likeness (QED) is 0.257. The maximum absolute atomic E-state index is 6.23. The second-order valence-corrected chi connectivity index (χ2v) is 7.88. The van der Waals surface area contributed by atoms with Crippen LogP contribution in [0.1, 0.15) is 16.7 Å². The molecule has 0 bridgehead atoms. The van der Waals surface area contributed by atoms with Crippen molar-refractivity contribution in [2.75, 3.05) is 0 Å². The molecule has 4 rings (SSSR count). The van der Waals surface area contributed by atoms with Crippen LogP contribution in [0.2, 0.25) is 0 Å². The van der Waals surface area contributed by atoms with E-state index in [0.29, 0.717) is 37.1 Å². The molecule has 0 amide bonds. The highest BCUT2D eigenvalue weighted by molar-refractivity contribution is 9.10. The summed E-state index contributed by atoms with van der Waals surface area (Å²) in [6.45, 7) is 1.30. The van der Waals surface area contributed by atoms with Crippen molar-refractivity contribution in [1.82, 2.24) is 0 Å². The van der Waals surface area contributed by atoms with Crippen molar-refractivity contribution in [2.45, 2.75) is 19.8 Å². The van der Waals surface area contributed by atoms with Crippen molar-refractivity contribution < 1.29 is 14.2 Å². The highest BCUT2D eigenvalue weighted by Crippen LogP contribution is 2.44. The molecule has 3 nitrogen and oxygen atoms in total. The van der Waals surface area contributed by atoms with Gasteiger partial charge in [-0.15, -0.1) is 0 Å². The van der Waals surface area contributed by atoms with E-state index < -0.39 is 0 Å². The summed E-state index contributed by atoms with van der Waals surface area (Å²) in [5, 5.41) is 0. The molecule has 0 saturated carbocycles. The minimum absolute atomic E-state index is 0.417. The first-order valence-electron chi connectivity index (χ1n) is 10.1. The fraction of sp³-hybridized carbons (Fsp3) is 0.111. The summed E-state index contributed by atoms with van der Waals surface area (Å²) >= 11 is 3.62. The standard InChI is InChI=1S/C27H23BrO3/c28-24-16-17-25(29-18-21-10-4-1-5-11-21)27(31-20-23-14-8-3-9-15-23)26(24)30-19-22-12-6-2-7-13-22/h1-17H,18-20H2. The predicted molar refractivity (Wildman–Crippen MR) is 126 cm³/mol. The lowest BCUT2D eigenvalue weighted by atomic mass is 10.2. The van der Waals surface area contributed by atoms with E-state index in [0.717, 1.165) is 21.2 Å². The molecule has 0 fully saturated rings. The van der Waals surface area contributed by atoms with Crippen molar-refractivity contribution in [1.29, 1.82) is 0 Å². The molecular weight excluding hydrogens is 452 g/mol. The van der Waals surface area contributed by atoms with Crippen LogP contribution < -0.4 is 14.2 Å². The van der Waals surface area contributed by atoms with Gasteiger partial charge in [-0.05, 0) is 44.8 Å². The minimum Gasteiger partial charge on any atom is -0.485 e. The Morgan fingerprint density at radius 2 is 0.871 bits per heavy atom. The van der Waals surface area contributed by atoms with Gasteiger partial charge in [0.2, 0.25) is 5.75 Å². The number of rotatable bonds is 9. The van der Waals surface area contributed by atoms with E-state index in [2.05, 4.69) is 15.9 Å². The van der Waals surface area contributed by atoms with E-state index in [1.54, 1.807) is 0 Å². The zero-order valence-corrected chi connectivity index (χ0v) is 18.6. The van der Waals surface area contributed by atoms with E-state index in [1.165, 1.54) is 0 Å². The zero-order chi connectivity index (χ0) is 21.3. The van der Waals surface area contributed by atoms with Crippen LogP contribution >= 0.6 is 15.9 Å². The maximum Gasteiger partial charge on any atom is 0.205 e. The van der Waals surface area contributed by atoms with Gasteiger partial charge in [-0.2, -0.15) is 0 Å². The van der Waals surface area contributed by atoms with Gasteiger partial charge >= 0.3 is 0 Å². The van der Waals surface area contributed by atoms with E-state index >= 15 is 0 Å². The fourth-order valence-electron chi connectivity index (χ4n) is 3.10.